The summed E-state index contributed by atoms with van der Waals surface area (Å²) >= 11 is 0. The van der Waals surface area contributed by atoms with Crippen LogP contribution < -0.4 is 10.6 Å². The van der Waals surface area contributed by atoms with Gasteiger partial charge in [-0.3, -0.25) is 4.79 Å². The monoisotopic (exact) mass is 354 g/mol. The standard InChI is InChI=1S/C20H23FN4O/c1-23-18-9-14(7-8-15(18)11-22)16-10-19(24-12-17(16)21)25-20(26)13-5-3-2-4-6-13/h7-13,22-23H,2-6H2,1H3,(H,24,25,26). The largest absolute Gasteiger partial charge is 0.388 e. The zero-order chi connectivity index (χ0) is 18.5. The van der Waals surface area contributed by atoms with E-state index in [1.807, 2.05) is 0 Å². The van der Waals surface area contributed by atoms with Crippen molar-refractivity contribution in [3.63, 3.8) is 0 Å². The van der Waals surface area contributed by atoms with Crippen LogP contribution >= 0.6 is 0 Å². The molecule has 1 aromatic heterocycles. The Morgan fingerprint density at radius 3 is 2.73 bits per heavy atom. The van der Waals surface area contributed by atoms with E-state index in [4.69, 9.17) is 5.41 Å². The highest BCUT2D eigenvalue weighted by Crippen LogP contribution is 2.29. The minimum absolute atomic E-state index is 0.0156. The Morgan fingerprint density at radius 2 is 2.04 bits per heavy atom. The van der Waals surface area contributed by atoms with Gasteiger partial charge in [0.05, 0.1) is 6.20 Å². The minimum atomic E-state index is -0.453. The quantitative estimate of drug-likeness (QED) is 0.694. The van der Waals surface area contributed by atoms with E-state index in [-0.39, 0.29) is 11.8 Å². The summed E-state index contributed by atoms with van der Waals surface area (Å²) in [6.45, 7) is 0. The van der Waals surface area contributed by atoms with Gasteiger partial charge in [-0.1, -0.05) is 31.4 Å². The lowest BCUT2D eigenvalue weighted by molar-refractivity contribution is -0.120. The number of aromatic nitrogens is 1. The number of hydrogen-bond donors (Lipinski definition) is 3. The summed E-state index contributed by atoms with van der Waals surface area (Å²) < 4.78 is 14.3. The minimum Gasteiger partial charge on any atom is -0.388 e. The number of carbonyl (C=O) groups is 1. The Morgan fingerprint density at radius 1 is 1.27 bits per heavy atom. The van der Waals surface area contributed by atoms with E-state index in [1.165, 1.54) is 12.6 Å². The van der Waals surface area contributed by atoms with Gasteiger partial charge in [0.2, 0.25) is 5.91 Å². The first-order chi connectivity index (χ1) is 12.6. The molecule has 0 aliphatic heterocycles. The van der Waals surface area contributed by atoms with Crippen LogP contribution in [0.1, 0.15) is 37.7 Å². The van der Waals surface area contributed by atoms with Crippen LogP contribution in [0.2, 0.25) is 0 Å². The van der Waals surface area contributed by atoms with Gasteiger partial charge in [0, 0.05) is 36.0 Å². The molecular formula is C20H23FN4O. The zero-order valence-corrected chi connectivity index (χ0v) is 14.8. The molecule has 136 valence electrons. The molecule has 1 saturated carbocycles. The number of benzene rings is 1. The number of carbonyl (C=O) groups excluding carboxylic acids is 1. The van der Waals surface area contributed by atoms with Crippen molar-refractivity contribution in [3.8, 4) is 11.1 Å². The molecule has 1 fully saturated rings. The first-order valence-electron chi connectivity index (χ1n) is 8.91. The highest BCUT2D eigenvalue weighted by molar-refractivity contribution is 5.92. The number of hydrogen-bond acceptors (Lipinski definition) is 4. The molecule has 0 saturated heterocycles. The van der Waals surface area contributed by atoms with Crippen molar-refractivity contribution in [2.75, 3.05) is 17.7 Å². The summed E-state index contributed by atoms with van der Waals surface area (Å²) in [7, 11) is 1.75. The molecule has 1 amide bonds. The van der Waals surface area contributed by atoms with Crippen molar-refractivity contribution < 1.29 is 9.18 Å². The van der Waals surface area contributed by atoms with Crippen LogP contribution in [-0.2, 0) is 4.79 Å². The molecule has 5 nitrogen and oxygen atoms in total. The molecule has 1 aliphatic rings. The molecule has 26 heavy (non-hydrogen) atoms. The molecular weight excluding hydrogens is 331 g/mol. The lowest BCUT2D eigenvalue weighted by atomic mass is 9.89. The van der Waals surface area contributed by atoms with Crippen LogP contribution in [0.25, 0.3) is 11.1 Å². The lowest BCUT2D eigenvalue weighted by Gasteiger charge is -2.20. The predicted octanol–water partition coefficient (Wildman–Crippen LogP) is 4.45. The number of nitrogens with one attached hydrogen (secondary N) is 3. The Bertz CT molecular complexity index is 815. The summed E-state index contributed by atoms with van der Waals surface area (Å²) in [6.07, 6.45) is 7.51. The maximum Gasteiger partial charge on any atom is 0.228 e. The van der Waals surface area contributed by atoms with Crippen LogP contribution in [-0.4, -0.2) is 24.2 Å². The summed E-state index contributed by atoms with van der Waals surface area (Å²) in [5, 5.41) is 13.3. The third-order valence-electron chi connectivity index (χ3n) is 4.87. The summed E-state index contributed by atoms with van der Waals surface area (Å²) in [4.78, 5) is 16.4. The van der Waals surface area contributed by atoms with Crippen LogP contribution in [0, 0.1) is 17.1 Å². The molecule has 6 heteroatoms. The normalized spacial score (nSPS) is 14.7. The summed E-state index contributed by atoms with van der Waals surface area (Å²) in [6, 6.07) is 6.86. The Hall–Kier alpha value is -2.76. The maximum absolute atomic E-state index is 14.3. The van der Waals surface area contributed by atoms with E-state index >= 15 is 0 Å². The maximum atomic E-state index is 14.3. The summed E-state index contributed by atoms with van der Waals surface area (Å²) in [5.74, 6) is -0.115. The second-order valence-electron chi connectivity index (χ2n) is 6.57. The number of anilines is 2. The number of nitrogens with zero attached hydrogens (tertiary/aromatic N) is 1. The van der Waals surface area contributed by atoms with Gasteiger partial charge in [0.15, 0.2) is 0 Å². The highest BCUT2D eigenvalue weighted by atomic mass is 19.1. The van der Waals surface area contributed by atoms with Crippen LogP contribution in [0.4, 0.5) is 15.9 Å². The highest BCUT2D eigenvalue weighted by Gasteiger charge is 2.21. The lowest BCUT2D eigenvalue weighted by Crippen LogP contribution is -2.25. The first kappa shape index (κ1) is 18.0. The molecule has 1 aromatic carbocycles. The van der Waals surface area contributed by atoms with E-state index in [1.54, 1.807) is 31.3 Å². The van der Waals surface area contributed by atoms with Crippen molar-refractivity contribution in [1.82, 2.24) is 4.98 Å². The molecule has 0 spiro atoms. The van der Waals surface area contributed by atoms with Gasteiger partial charge in [-0.15, -0.1) is 0 Å². The molecule has 3 N–H and O–H groups in total. The molecule has 1 aliphatic carbocycles. The SMILES string of the molecule is CNc1cc(-c2cc(NC(=O)C3CCCCC3)ncc2F)ccc1C=N. The van der Waals surface area contributed by atoms with Gasteiger partial charge in [-0.05, 0) is 30.5 Å². The second-order valence-corrected chi connectivity index (χ2v) is 6.57. The number of pyridine rings is 1. The molecule has 0 atom stereocenters. The van der Waals surface area contributed by atoms with E-state index in [2.05, 4.69) is 15.6 Å². The number of amides is 1. The van der Waals surface area contributed by atoms with E-state index in [9.17, 15) is 9.18 Å². The zero-order valence-electron chi connectivity index (χ0n) is 14.8. The fourth-order valence-corrected chi connectivity index (χ4v) is 3.39. The van der Waals surface area contributed by atoms with E-state index in [0.29, 0.717) is 16.9 Å². The molecule has 1 heterocycles. The molecule has 2 aromatic rings. The fourth-order valence-electron chi connectivity index (χ4n) is 3.39. The van der Waals surface area contributed by atoms with Crippen molar-refractivity contribution in [1.29, 1.82) is 5.41 Å². The third kappa shape index (κ3) is 3.90. The topological polar surface area (TPSA) is 77.9 Å². The van der Waals surface area contributed by atoms with Crippen molar-refractivity contribution >= 4 is 23.6 Å². The Balaban J connectivity index is 1.85. The molecule has 0 radical (unpaired) electrons. The van der Waals surface area contributed by atoms with Crippen molar-refractivity contribution in [3.05, 3.63) is 41.8 Å². The van der Waals surface area contributed by atoms with Crippen LogP contribution in [0.15, 0.2) is 30.5 Å². The van der Waals surface area contributed by atoms with Crippen LogP contribution in [0.3, 0.4) is 0 Å². The summed E-state index contributed by atoms with van der Waals surface area (Å²) in [5.41, 5.74) is 2.48. The van der Waals surface area contributed by atoms with Gasteiger partial charge in [0.1, 0.15) is 11.6 Å². The van der Waals surface area contributed by atoms with Gasteiger partial charge < -0.3 is 16.0 Å². The fraction of sp³-hybridized carbons (Fsp3) is 0.350. The van der Waals surface area contributed by atoms with E-state index < -0.39 is 5.82 Å². The number of rotatable bonds is 5. The van der Waals surface area contributed by atoms with Crippen LogP contribution in [0.5, 0.6) is 0 Å². The van der Waals surface area contributed by atoms with Gasteiger partial charge in [0.25, 0.3) is 0 Å². The number of halogens is 1. The van der Waals surface area contributed by atoms with Gasteiger partial charge in [-0.2, -0.15) is 0 Å². The Labute approximate surface area is 152 Å². The smallest absolute Gasteiger partial charge is 0.228 e. The van der Waals surface area contributed by atoms with E-state index in [0.717, 1.165) is 43.1 Å². The van der Waals surface area contributed by atoms with Crippen molar-refractivity contribution in [2.24, 2.45) is 5.92 Å². The average Bonchev–Trinajstić information content (AvgIpc) is 2.69. The predicted molar refractivity (Wildman–Crippen MR) is 102 cm³/mol. The van der Waals surface area contributed by atoms with Crippen molar-refractivity contribution in [2.45, 2.75) is 32.1 Å². The Kier molecular flexibility index (Phi) is 5.61. The van der Waals surface area contributed by atoms with Gasteiger partial charge >= 0.3 is 0 Å². The molecule has 0 bridgehead atoms. The van der Waals surface area contributed by atoms with Gasteiger partial charge in [-0.25, -0.2) is 9.37 Å². The second kappa shape index (κ2) is 8.08. The third-order valence-corrected chi connectivity index (χ3v) is 4.87. The average molecular weight is 354 g/mol. The molecule has 3 rings (SSSR count). The molecule has 0 unspecified atom stereocenters. The first-order valence-corrected chi connectivity index (χ1v) is 8.91.